The molecule has 5 heteroatoms. The van der Waals surface area contributed by atoms with Crippen molar-refractivity contribution < 1.29 is 14.0 Å². The van der Waals surface area contributed by atoms with Crippen molar-refractivity contribution in [2.45, 2.75) is 32.4 Å². The maximum absolute atomic E-state index is 10.8. The maximum atomic E-state index is 10.8. The first-order valence-corrected chi connectivity index (χ1v) is 6.70. The Labute approximate surface area is 102 Å². The molecular weight excluding hydrogens is 237 g/mol. The van der Waals surface area contributed by atoms with Gasteiger partial charge in [-0.3, -0.25) is 4.99 Å². The zero-order valence-electron chi connectivity index (χ0n) is 10.0. The van der Waals surface area contributed by atoms with E-state index in [-0.39, 0.29) is 0 Å². The molecule has 0 amide bonds. The van der Waals surface area contributed by atoms with Crippen LogP contribution in [0.5, 0.6) is 0 Å². The quantitative estimate of drug-likeness (QED) is 0.626. The molecule has 0 radical (unpaired) electrons. The molecule has 0 saturated carbocycles. The van der Waals surface area contributed by atoms with Gasteiger partial charge in [0, 0.05) is 10.8 Å². The molecule has 1 unspecified atom stereocenters. The van der Waals surface area contributed by atoms with Gasteiger partial charge >= 0.3 is 8.25 Å². The minimum atomic E-state index is -2.64. The van der Waals surface area contributed by atoms with Crippen LogP contribution in [0, 0.1) is 0 Å². The van der Waals surface area contributed by atoms with Crippen LogP contribution in [0.1, 0.15) is 32.3 Å². The van der Waals surface area contributed by atoms with Crippen LogP contribution in [0.3, 0.4) is 0 Å². The Balaban J connectivity index is 2.86. The molecule has 0 bridgehead atoms. The Hall–Kier alpha value is -1.09. The van der Waals surface area contributed by atoms with Crippen molar-refractivity contribution >= 4 is 14.5 Å². The van der Waals surface area contributed by atoms with Crippen molar-refractivity contribution in [1.29, 1.82) is 0 Å². The zero-order chi connectivity index (χ0) is 12.7. The third kappa shape index (κ3) is 4.35. The molecule has 0 spiro atoms. The van der Waals surface area contributed by atoms with E-state index >= 15 is 0 Å². The Bertz CT molecular complexity index is 388. The van der Waals surface area contributed by atoms with Crippen LogP contribution in [0.2, 0.25) is 0 Å². The lowest BCUT2D eigenvalue weighted by atomic mass is 10.1. The third-order valence-electron chi connectivity index (χ3n) is 2.60. The van der Waals surface area contributed by atoms with E-state index < -0.39 is 14.0 Å². The fourth-order valence-corrected chi connectivity index (χ4v) is 2.06. The molecule has 1 atom stereocenters. The van der Waals surface area contributed by atoms with Crippen LogP contribution < -0.4 is 0 Å². The maximum Gasteiger partial charge on any atom is 0.697 e. The van der Waals surface area contributed by atoms with Crippen molar-refractivity contribution in [3.05, 3.63) is 35.9 Å². The summed E-state index contributed by atoms with van der Waals surface area (Å²) in [4.78, 5) is 13.2. The van der Waals surface area contributed by atoms with Gasteiger partial charge in [-0.2, -0.15) is 0 Å². The van der Waals surface area contributed by atoms with Gasteiger partial charge in [-0.05, 0) is 18.4 Å². The molecule has 0 aromatic heterocycles. The zero-order valence-corrected chi connectivity index (χ0v) is 10.9. The number of aliphatic imine (C=N–C) groups is 1. The SMILES string of the molecule is CCC(CC)(N=Cc1ccccc1)O[P+](=O)O. The van der Waals surface area contributed by atoms with E-state index in [0.717, 1.165) is 5.56 Å². The minimum Gasteiger partial charge on any atom is -0.253 e. The highest BCUT2D eigenvalue weighted by Gasteiger charge is 2.36. The lowest BCUT2D eigenvalue weighted by molar-refractivity contribution is 0.0665. The van der Waals surface area contributed by atoms with Crippen molar-refractivity contribution in [2.24, 2.45) is 4.99 Å². The van der Waals surface area contributed by atoms with Crippen LogP contribution in [-0.2, 0) is 9.09 Å². The van der Waals surface area contributed by atoms with E-state index in [1.807, 2.05) is 44.2 Å². The molecular formula is C12H17NO3P+. The molecule has 17 heavy (non-hydrogen) atoms. The Morgan fingerprint density at radius 2 is 1.94 bits per heavy atom. The predicted octanol–water partition coefficient (Wildman–Crippen LogP) is 3.29. The van der Waals surface area contributed by atoms with Gasteiger partial charge in [-0.1, -0.05) is 48.7 Å². The summed E-state index contributed by atoms with van der Waals surface area (Å²) in [5.74, 6) is 0. The summed E-state index contributed by atoms with van der Waals surface area (Å²) in [5.41, 5.74) is 0.0356. The predicted molar refractivity (Wildman–Crippen MR) is 68.3 cm³/mol. The summed E-state index contributed by atoms with van der Waals surface area (Å²) < 4.78 is 15.8. The Morgan fingerprint density at radius 1 is 1.35 bits per heavy atom. The number of hydrogen-bond donors (Lipinski definition) is 1. The lowest BCUT2D eigenvalue weighted by Gasteiger charge is -2.19. The Kier molecular flexibility index (Phi) is 5.42. The highest BCUT2D eigenvalue weighted by Crippen LogP contribution is 2.32. The molecule has 4 nitrogen and oxygen atoms in total. The Morgan fingerprint density at radius 3 is 2.41 bits per heavy atom. The summed E-state index contributed by atoms with van der Waals surface area (Å²) in [6, 6.07) is 9.57. The summed E-state index contributed by atoms with van der Waals surface area (Å²) in [6.07, 6.45) is 2.77. The van der Waals surface area contributed by atoms with Gasteiger partial charge < -0.3 is 0 Å². The molecule has 0 heterocycles. The molecule has 1 aromatic carbocycles. The van der Waals surface area contributed by atoms with Crippen molar-refractivity contribution in [1.82, 2.24) is 0 Å². The molecule has 0 aliphatic carbocycles. The monoisotopic (exact) mass is 254 g/mol. The minimum absolute atomic E-state index is 0.550. The number of nitrogens with zero attached hydrogens (tertiary/aromatic N) is 1. The van der Waals surface area contributed by atoms with E-state index in [1.54, 1.807) is 6.21 Å². The molecule has 0 saturated heterocycles. The van der Waals surface area contributed by atoms with E-state index in [2.05, 4.69) is 4.99 Å². The molecule has 0 aliphatic rings. The van der Waals surface area contributed by atoms with Gasteiger partial charge in [-0.25, -0.2) is 0 Å². The van der Waals surface area contributed by atoms with Gasteiger partial charge in [0.25, 0.3) is 0 Å². The van der Waals surface area contributed by atoms with Crippen LogP contribution in [0.25, 0.3) is 0 Å². The van der Waals surface area contributed by atoms with Crippen LogP contribution in [-0.4, -0.2) is 16.8 Å². The highest BCUT2D eigenvalue weighted by atomic mass is 31.1. The van der Waals surface area contributed by atoms with Crippen molar-refractivity contribution in [3.8, 4) is 0 Å². The summed E-state index contributed by atoms with van der Waals surface area (Å²) in [6.45, 7) is 3.76. The summed E-state index contributed by atoms with van der Waals surface area (Å²) >= 11 is 0. The fraction of sp³-hybridized carbons (Fsp3) is 0.417. The standard InChI is InChI=1S/C12H16NO3P/c1-3-12(4-2,16-17(14)15)13-10-11-8-6-5-7-9-11/h5-10H,3-4H2,1-2H3/p+1. The van der Waals surface area contributed by atoms with Gasteiger partial charge in [-0.15, -0.1) is 4.89 Å². The average molecular weight is 254 g/mol. The lowest BCUT2D eigenvalue weighted by Crippen LogP contribution is -2.26. The summed E-state index contributed by atoms with van der Waals surface area (Å²) in [5, 5.41) is 0. The molecule has 0 aliphatic heterocycles. The number of hydrogen-bond acceptors (Lipinski definition) is 3. The van der Waals surface area contributed by atoms with Gasteiger partial charge in [0.1, 0.15) is 0 Å². The van der Waals surface area contributed by atoms with Crippen LogP contribution in [0.4, 0.5) is 0 Å². The first-order chi connectivity index (χ1) is 8.12. The molecule has 92 valence electrons. The second-order valence-corrected chi connectivity index (χ2v) is 4.31. The van der Waals surface area contributed by atoms with E-state index in [0.29, 0.717) is 12.8 Å². The van der Waals surface area contributed by atoms with E-state index in [4.69, 9.17) is 9.42 Å². The van der Waals surface area contributed by atoms with Gasteiger partial charge in [0.15, 0.2) is 0 Å². The number of benzene rings is 1. The van der Waals surface area contributed by atoms with E-state index in [1.165, 1.54) is 0 Å². The fourth-order valence-electron chi connectivity index (χ4n) is 1.46. The second kappa shape index (κ2) is 6.60. The van der Waals surface area contributed by atoms with Gasteiger partial charge in [0.2, 0.25) is 5.72 Å². The van der Waals surface area contributed by atoms with Crippen LogP contribution >= 0.6 is 8.25 Å². The van der Waals surface area contributed by atoms with Crippen molar-refractivity contribution in [2.75, 3.05) is 0 Å². The molecule has 1 N–H and O–H groups in total. The highest BCUT2D eigenvalue weighted by molar-refractivity contribution is 7.32. The topological polar surface area (TPSA) is 58.9 Å². The van der Waals surface area contributed by atoms with E-state index in [9.17, 15) is 4.57 Å². The molecule has 0 fully saturated rings. The first-order valence-electron chi connectivity index (χ1n) is 5.57. The first kappa shape index (κ1) is 14.0. The molecule has 1 rings (SSSR count). The average Bonchev–Trinajstić information content (AvgIpc) is 2.35. The van der Waals surface area contributed by atoms with Crippen LogP contribution in [0.15, 0.2) is 35.3 Å². The number of rotatable bonds is 6. The third-order valence-corrected chi connectivity index (χ3v) is 3.10. The smallest absolute Gasteiger partial charge is 0.253 e. The normalized spacial score (nSPS) is 13.0. The van der Waals surface area contributed by atoms with Crippen molar-refractivity contribution in [3.63, 3.8) is 0 Å². The largest absolute Gasteiger partial charge is 0.697 e. The van der Waals surface area contributed by atoms with Gasteiger partial charge in [0.05, 0.1) is 0 Å². The second-order valence-electron chi connectivity index (χ2n) is 3.65. The molecule has 1 aromatic rings. The summed E-state index contributed by atoms with van der Waals surface area (Å²) in [7, 11) is -2.64.